The average molecular weight is 504 g/mol. The first-order valence-electron chi connectivity index (χ1n) is 12.2. The second kappa shape index (κ2) is 11.6. The smallest absolute Gasteiger partial charge is 0.323 e. The van der Waals surface area contributed by atoms with E-state index in [1.807, 2.05) is 68.7 Å². The van der Waals surface area contributed by atoms with Crippen LogP contribution in [0.4, 0.5) is 16.2 Å². The van der Waals surface area contributed by atoms with Gasteiger partial charge in [-0.2, -0.15) is 5.10 Å². The van der Waals surface area contributed by atoms with Gasteiger partial charge in [-0.3, -0.25) is 14.8 Å². The SMILES string of the molecule is C/C=C(\C=C(/NC)NC(=O)N1CCC(O)C1)CNc1ccccc1C(=O)Nc1ccc2cn(C)nc2c1. The molecule has 0 spiro atoms. The lowest BCUT2D eigenvalue weighted by Gasteiger charge is -2.18. The van der Waals surface area contributed by atoms with Gasteiger partial charge in [0.25, 0.3) is 5.91 Å². The largest absolute Gasteiger partial charge is 0.391 e. The fraction of sp³-hybridized carbons (Fsp3) is 0.296. The molecule has 1 aliphatic heterocycles. The molecular formula is C27H33N7O3. The van der Waals surface area contributed by atoms with Crippen LogP contribution in [0.15, 0.2) is 72.2 Å². The monoisotopic (exact) mass is 503 g/mol. The average Bonchev–Trinajstić information content (AvgIpc) is 3.50. The van der Waals surface area contributed by atoms with E-state index in [1.54, 1.807) is 22.7 Å². The molecule has 3 aromatic rings. The van der Waals surface area contributed by atoms with Gasteiger partial charge in [0.05, 0.1) is 17.2 Å². The Kier molecular flexibility index (Phi) is 8.09. The van der Waals surface area contributed by atoms with E-state index in [2.05, 4.69) is 26.4 Å². The van der Waals surface area contributed by atoms with Crippen molar-refractivity contribution in [2.24, 2.45) is 7.05 Å². The van der Waals surface area contributed by atoms with Crippen LogP contribution in [-0.4, -0.2) is 64.5 Å². The number of amides is 3. The van der Waals surface area contributed by atoms with Crippen LogP contribution in [0.3, 0.4) is 0 Å². The van der Waals surface area contributed by atoms with Crippen LogP contribution in [-0.2, 0) is 7.05 Å². The summed E-state index contributed by atoms with van der Waals surface area (Å²) in [6.07, 6.45) is 5.80. The maximum absolute atomic E-state index is 13.1. The summed E-state index contributed by atoms with van der Waals surface area (Å²) in [4.78, 5) is 27.2. The molecule has 1 aliphatic rings. The van der Waals surface area contributed by atoms with Gasteiger partial charge >= 0.3 is 6.03 Å². The number of aromatic nitrogens is 2. The van der Waals surface area contributed by atoms with Gasteiger partial charge < -0.3 is 26.0 Å². The molecule has 2 aromatic carbocycles. The number of β-amino-alcohol motifs (C(OH)–C–C–N with tert-alkyl or cyclic N) is 1. The highest BCUT2D eigenvalue weighted by Gasteiger charge is 2.24. The maximum atomic E-state index is 13.1. The Morgan fingerprint density at radius 3 is 2.76 bits per heavy atom. The summed E-state index contributed by atoms with van der Waals surface area (Å²) < 4.78 is 1.74. The number of aliphatic hydroxyl groups is 1. The van der Waals surface area contributed by atoms with Crippen molar-refractivity contribution < 1.29 is 14.7 Å². The predicted molar refractivity (Wildman–Crippen MR) is 145 cm³/mol. The molecule has 1 atom stereocenters. The van der Waals surface area contributed by atoms with E-state index < -0.39 is 6.10 Å². The summed E-state index contributed by atoms with van der Waals surface area (Å²) >= 11 is 0. The number of allylic oxidation sites excluding steroid dienone is 1. The molecule has 1 unspecified atom stereocenters. The molecule has 10 heteroatoms. The molecule has 0 bridgehead atoms. The van der Waals surface area contributed by atoms with Gasteiger partial charge in [0.15, 0.2) is 0 Å². The van der Waals surface area contributed by atoms with E-state index >= 15 is 0 Å². The molecule has 0 radical (unpaired) electrons. The molecule has 5 N–H and O–H groups in total. The third-order valence-corrected chi connectivity index (χ3v) is 6.20. The Labute approximate surface area is 216 Å². The number of nitrogens with zero attached hydrogens (tertiary/aromatic N) is 3. The van der Waals surface area contributed by atoms with E-state index in [4.69, 9.17) is 0 Å². The highest BCUT2D eigenvalue weighted by Crippen LogP contribution is 2.21. The number of likely N-dealkylation sites (tertiary alicyclic amines) is 1. The number of nitrogens with one attached hydrogen (secondary N) is 4. The molecule has 37 heavy (non-hydrogen) atoms. The van der Waals surface area contributed by atoms with Crippen molar-refractivity contribution in [3.05, 3.63) is 77.8 Å². The second-order valence-corrected chi connectivity index (χ2v) is 8.92. The number of anilines is 2. The van der Waals surface area contributed by atoms with Crippen molar-refractivity contribution in [3.8, 4) is 0 Å². The number of carbonyl (C=O) groups is 2. The zero-order chi connectivity index (χ0) is 26.4. The van der Waals surface area contributed by atoms with Crippen LogP contribution in [0.2, 0.25) is 0 Å². The summed E-state index contributed by atoms with van der Waals surface area (Å²) in [5.74, 6) is 0.309. The van der Waals surface area contributed by atoms with Crippen LogP contribution in [0.25, 0.3) is 10.9 Å². The standard InChI is InChI=1S/C27H33N7O3/c1-4-18(13-25(28-2)31-27(37)34-12-11-21(35)17-34)15-29-23-8-6-5-7-22(23)26(36)30-20-10-9-19-16-33(3)32-24(19)14-20/h4-10,13-14,16,21,28-29,35H,11-12,15,17H2,1-3H3,(H,30,36)(H,31,37)/b18-4+,25-13+. The molecule has 0 aliphatic carbocycles. The minimum absolute atomic E-state index is 0.230. The number of carbonyl (C=O) groups excluding carboxylic acids is 2. The summed E-state index contributed by atoms with van der Waals surface area (Å²) in [7, 11) is 3.59. The normalized spacial score (nSPS) is 16.1. The molecule has 3 amide bonds. The quantitative estimate of drug-likeness (QED) is 0.301. The highest BCUT2D eigenvalue weighted by atomic mass is 16.3. The number of hydrogen-bond acceptors (Lipinski definition) is 6. The topological polar surface area (TPSA) is 124 Å². The molecule has 1 aromatic heterocycles. The molecular weight excluding hydrogens is 470 g/mol. The fourth-order valence-corrected chi connectivity index (χ4v) is 4.16. The molecule has 4 rings (SSSR count). The number of aliphatic hydroxyl groups excluding tert-OH is 1. The third-order valence-electron chi connectivity index (χ3n) is 6.20. The molecule has 1 saturated heterocycles. The van der Waals surface area contributed by atoms with Gasteiger partial charge in [-0.1, -0.05) is 18.2 Å². The van der Waals surface area contributed by atoms with Gasteiger partial charge in [0.1, 0.15) is 5.82 Å². The highest BCUT2D eigenvalue weighted by molar-refractivity contribution is 6.08. The Morgan fingerprint density at radius 2 is 2.03 bits per heavy atom. The molecule has 1 fully saturated rings. The van der Waals surface area contributed by atoms with Crippen LogP contribution < -0.4 is 21.3 Å². The number of rotatable bonds is 8. The van der Waals surface area contributed by atoms with E-state index in [0.29, 0.717) is 48.8 Å². The summed E-state index contributed by atoms with van der Waals surface area (Å²) in [6, 6.07) is 12.7. The van der Waals surface area contributed by atoms with E-state index in [1.165, 1.54) is 0 Å². The van der Waals surface area contributed by atoms with Crippen LogP contribution in [0, 0.1) is 0 Å². The Bertz CT molecular complexity index is 1340. The van der Waals surface area contributed by atoms with E-state index in [-0.39, 0.29) is 11.9 Å². The molecule has 10 nitrogen and oxygen atoms in total. The minimum Gasteiger partial charge on any atom is -0.391 e. The van der Waals surface area contributed by atoms with Gasteiger partial charge in [-0.15, -0.1) is 0 Å². The van der Waals surface area contributed by atoms with Crippen molar-refractivity contribution in [3.63, 3.8) is 0 Å². The lowest BCUT2D eigenvalue weighted by Crippen LogP contribution is -2.41. The van der Waals surface area contributed by atoms with E-state index in [0.717, 1.165) is 16.5 Å². The molecule has 0 saturated carbocycles. The number of aryl methyl sites for hydroxylation is 1. The first-order chi connectivity index (χ1) is 17.9. The Hall–Kier alpha value is -4.31. The van der Waals surface area contributed by atoms with Gasteiger partial charge in [-0.05, 0) is 55.3 Å². The zero-order valence-electron chi connectivity index (χ0n) is 21.3. The lowest BCUT2D eigenvalue weighted by molar-refractivity contribution is 0.102. The van der Waals surface area contributed by atoms with Crippen molar-refractivity contribution in [2.75, 3.05) is 37.3 Å². The summed E-state index contributed by atoms with van der Waals surface area (Å²) in [5, 5.41) is 27.2. The van der Waals surface area contributed by atoms with E-state index in [9.17, 15) is 14.7 Å². The van der Waals surface area contributed by atoms with Gasteiger partial charge in [0.2, 0.25) is 0 Å². The van der Waals surface area contributed by atoms with Gasteiger partial charge in [0, 0.05) is 56.7 Å². The van der Waals surface area contributed by atoms with Crippen molar-refractivity contribution >= 4 is 34.2 Å². The molecule has 2 heterocycles. The van der Waals surface area contributed by atoms with Crippen molar-refractivity contribution in [2.45, 2.75) is 19.4 Å². The Balaban J connectivity index is 1.41. The van der Waals surface area contributed by atoms with Crippen LogP contribution in [0.1, 0.15) is 23.7 Å². The number of urea groups is 1. The van der Waals surface area contributed by atoms with Crippen LogP contribution in [0.5, 0.6) is 0 Å². The van der Waals surface area contributed by atoms with Crippen LogP contribution >= 0.6 is 0 Å². The summed E-state index contributed by atoms with van der Waals surface area (Å²) in [6.45, 7) is 3.20. The number of para-hydroxylation sites is 1. The lowest BCUT2D eigenvalue weighted by atomic mass is 10.1. The maximum Gasteiger partial charge on any atom is 0.323 e. The third kappa shape index (κ3) is 6.47. The second-order valence-electron chi connectivity index (χ2n) is 8.92. The van der Waals surface area contributed by atoms with Gasteiger partial charge in [-0.25, -0.2) is 4.79 Å². The fourth-order valence-electron chi connectivity index (χ4n) is 4.16. The van der Waals surface area contributed by atoms with Crippen molar-refractivity contribution in [1.29, 1.82) is 0 Å². The minimum atomic E-state index is -0.474. The first-order valence-corrected chi connectivity index (χ1v) is 12.2. The first kappa shape index (κ1) is 25.8. The number of hydrogen-bond donors (Lipinski definition) is 5. The number of benzene rings is 2. The summed E-state index contributed by atoms with van der Waals surface area (Å²) in [5.41, 5.74) is 3.58. The number of fused-ring (bicyclic) bond motifs is 1. The zero-order valence-corrected chi connectivity index (χ0v) is 21.3. The predicted octanol–water partition coefficient (Wildman–Crippen LogP) is 3.02. The molecule has 194 valence electrons. The van der Waals surface area contributed by atoms with Crippen molar-refractivity contribution in [1.82, 2.24) is 25.3 Å². The Morgan fingerprint density at radius 1 is 1.22 bits per heavy atom.